The van der Waals surface area contributed by atoms with E-state index in [1.54, 1.807) is 0 Å². The second-order valence-corrected chi connectivity index (χ2v) is 29.6. The zero-order chi connectivity index (χ0) is 75.2. The van der Waals surface area contributed by atoms with Gasteiger partial charge in [-0.15, -0.1) is 0 Å². The summed E-state index contributed by atoms with van der Waals surface area (Å²) in [6.07, 6.45) is 0. The Morgan fingerprint density at radius 1 is 0.140 bits per heavy atom. The molecule has 0 saturated heterocycles. The number of aromatic nitrogens is 3. The smallest absolute Gasteiger partial charge is 0.0542 e. The summed E-state index contributed by atoms with van der Waals surface area (Å²) in [4.78, 5) is 7.40. The first-order valence-electron chi connectivity index (χ1n) is 39.1. The van der Waals surface area contributed by atoms with Gasteiger partial charge >= 0.3 is 0 Å². The number of fused-ring (bicyclic) bond motifs is 12. The van der Waals surface area contributed by atoms with Crippen molar-refractivity contribution < 1.29 is 0 Å². The topological polar surface area (TPSA) is 24.5 Å². The van der Waals surface area contributed by atoms with Gasteiger partial charge in [0.1, 0.15) is 0 Å². The number of rotatable bonds is 15. The van der Waals surface area contributed by atoms with E-state index in [0.717, 1.165) is 150 Å². The molecule has 3 heterocycles. The van der Waals surface area contributed by atoms with Crippen molar-refractivity contribution in [2.45, 2.75) is 0 Å². The summed E-state index contributed by atoms with van der Waals surface area (Å²) in [5, 5.41) is 14.2. The molecule has 3 aromatic heterocycles. The highest BCUT2D eigenvalue weighted by molar-refractivity contribution is 6.16. The number of anilines is 9. The first-order chi connectivity index (χ1) is 56.5. The first kappa shape index (κ1) is 65.8. The van der Waals surface area contributed by atoms with Gasteiger partial charge in [-0.1, -0.05) is 255 Å². The third kappa shape index (κ3) is 11.2. The van der Waals surface area contributed by atoms with Crippen molar-refractivity contribution >= 4 is 149 Å². The minimum absolute atomic E-state index is 0.959. The third-order valence-electron chi connectivity index (χ3n) is 23.1. The number of para-hydroxylation sites is 6. The average molecular weight is 1450 g/mol. The van der Waals surface area contributed by atoms with Gasteiger partial charge in [-0.2, -0.15) is 0 Å². The molecule has 22 rings (SSSR count). The van der Waals surface area contributed by atoms with Crippen molar-refractivity contribution in [3.05, 3.63) is 437 Å². The average Bonchev–Trinajstić information content (AvgIpc) is 1.66. The largest absolute Gasteiger partial charge is 0.310 e. The summed E-state index contributed by atoms with van der Waals surface area (Å²) in [7, 11) is 0. The van der Waals surface area contributed by atoms with Crippen molar-refractivity contribution in [1.82, 2.24) is 13.7 Å². The highest BCUT2D eigenvalue weighted by atomic mass is 15.2. The lowest BCUT2D eigenvalue weighted by molar-refractivity contribution is 1.18. The quantitative estimate of drug-likeness (QED) is 0.102. The van der Waals surface area contributed by atoms with Gasteiger partial charge in [0, 0.05) is 83.5 Å². The summed E-state index contributed by atoms with van der Waals surface area (Å²) < 4.78 is 7.29. The Bertz CT molecular complexity index is 6740. The van der Waals surface area contributed by atoms with E-state index in [-0.39, 0.29) is 0 Å². The first-order valence-corrected chi connectivity index (χ1v) is 39.1. The highest BCUT2D eigenvalue weighted by Gasteiger charge is 2.27. The second kappa shape index (κ2) is 27.4. The molecule has 0 amide bonds. The molecule has 0 spiro atoms. The van der Waals surface area contributed by atoms with Crippen LogP contribution in [0.4, 0.5) is 51.2 Å². The molecule has 0 saturated carbocycles. The van der Waals surface area contributed by atoms with E-state index in [1.165, 1.54) is 49.0 Å². The van der Waals surface area contributed by atoms with Crippen molar-refractivity contribution in [2.24, 2.45) is 0 Å². The fraction of sp³-hybridized carbons (Fsp3) is 0. The standard InChI is InChI=1S/C108H72N6/c1-7-34-79(35-8-1)109(85-55-61-106-100(70-85)97-64-76(94-49-25-31-73-28-19-22-46-91(73)94)52-58-103(97)112(106)82-40-13-4-14-41-82)88-67-89(110(80-36-9-2-10-37-80)86-56-62-107-101(71-86)98-65-77(95-50-26-32-74-29-20-23-47-92(74)95)53-59-104(98)113(107)83-42-15-5-16-43-83)69-90(68-88)111(81-38-11-3-12-39-81)87-57-63-108-102(72-87)99-66-78(96-51-27-33-75-30-21-24-48-93(75)96)54-60-105(99)114(108)84-44-17-6-18-45-84/h1-72H. The van der Waals surface area contributed by atoms with Gasteiger partial charge in [-0.05, 0) is 248 Å². The second-order valence-electron chi connectivity index (χ2n) is 29.6. The van der Waals surface area contributed by atoms with Crippen LogP contribution in [0, 0.1) is 0 Å². The van der Waals surface area contributed by atoms with Gasteiger partial charge in [-0.25, -0.2) is 0 Å². The molecule has 114 heavy (non-hydrogen) atoms. The summed E-state index contributed by atoms with van der Waals surface area (Å²) in [6.45, 7) is 0. The Hall–Kier alpha value is -15.2. The van der Waals surface area contributed by atoms with E-state index < -0.39 is 0 Å². The van der Waals surface area contributed by atoms with E-state index in [0.29, 0.717) is 0 Å². The van der Waals surface area contributed by atoms with Crippen LogP contribution in [0.1, 0.15) is 0 Å². The molecule has 6 heteroatoms. The van der Waals surface area contributed by atoms with Crippen molar-refractivity contribution in [1.29, 1.82) is 0 Å². The Kier molecular flexibility index (Phi) is 15.8. The van der Waals surface area contributed by atoms with E-state index >= 15 is 0 Å². The van der Waals surface area contributed by atoms with Crippen LogP contribution in [0.2, 0.25) is 0 Å². The summed E-state index contributed by atoms with van der Waals surface area (Å²) in [5.74, 6) is 0. The Morgan fingerprint density at radius 3 is 0.649 bits per heavy atom. The Balaban J connectivity index is 0.810. The van der Waals surface area contributed by atoms with Crippen molar-refractivity contribution in [3.63, 3.8) is 0 Å². The molecule has 534 valence electrons. The highest BCUT2D eigenvalue weighted by Crippen LogP contribution is 2.51. The van der Waals surface area contributed by atoms with Crippen molar-refractivity contribution in [2.75, 3.05) is 14.7 Å². The minimum atomic E-state index is 0.959. The van der Waals surface area contributed by atoms with Gasteiger partial charge < -0.3 is 28.4 Å². The van der Waals surface area contributed by atoms with Crippen molar-refractivity contribution in [3.8, 4) is 50.4 Å². The number of hydrogen-bond donors (Lipinski definition) is 0. The van der Waals surface area contributed by atoms with E-state index in [9.17, 15) is 0 Å². The maximum Gasteiger partial charge on any atom is 0.0542 e. The van der Waals surface area contributed by atoms with Gasteiger partial charge in [0.05, 0.1) is 50.2 Å². The van der Waals surface area contributed by atoms with Gasteiger partial charge in [-0.3, -0.25) is 0 Å². The van der Waals surface area contributed by atoms with Crippen LogP contribution in [0.15, 0.2) is 437 Å². The van der Waals surface area contributed by atoms with Gasteiger partial charge in [0.25, 0.3) is 0 Å². The van der Waals surface area contributed by atoms with Crippen LogP contribution in [0.3, 0.4) is 0 Å². The fourth-order valence-electron chi connectivity index (χ4n) is 18.0. The summed E-state index contributed by atoms with van der Waals surface area (Å²) >= 11 is 0. The lowest BCUT2D eigenvalue weighted by Crippen LogP contribution is -2.16. The lowest BCUT2D eigenvalue weighted by atomic mass is 9.97. The number of nitrogens with zero attached hydrogens (tertiary/aromatic N) is 6. The SMILES string of the molecule is c1ccc(N(c2cc(N(c3ccccc3)c3ccc4c(c3)c3cc(-c5cccc6ccccc56)ccc3n4-c3ccccc3)cc(N(c3ccccc3)c3ccc4c(c3)c3cc(-c5cccc6ccccc56)ccc3n4-c3ccccc3)c2)c2ccc3c(c2)c2cc(-c4cccc5ccccc45)ccc2n3-c2ccccc2)cc1. The predicted octanol–water partition coefficient (Wildman–Crippen LogP) is 29.8. The molecule has 0 radical (unpaired) electrons. The predicted molar refractivity (Wildman–Crippen MR) is 482 cm³/mol. The number of hydrogen-bond acceptors (Lipinski definition) is 3. The molecular weight excluding hydrogens is 1380 g/mol. The van der Waals surface area contributed by atoms with Crippen LogP contribution < -0.4 is 14.7 Å². The molecule has 0 bridgehead atoms. The fourth-order valence-corrected chi connectivity index (χ4v) is 18.0. The third-order valence-corrected chi connectivity index (χ3v) is 23.1. The van der Waals surface area contributed by atoms with Crippen LogP contribution in [0.5, 0.6) is 0 Å². The molecular formula is C108H72N6. The maximum atomic E-state index is 2.47. The van der Waals surface area contributed by atoms with E-state index in [1.807, 2.05) is 0 Å². The zero-order valence-electron chi connectivity index (χ0n) is 62.3. The van der Waals surface area contributed by atoms with Gasteiger partial charge in [0.15, 0.2) is 0 Å². The molecule has 0 aliphatic rings. The molecule has 22 aromatic rings. The molecule has 0 unspecified atom stereocenters. The van der Waals surface area contributed by atoms with E-state index in [4.69, 9.17) is 0 Å². The van der Waals surface area contributed by atoms with E-state index in [2.05, 4.69) is 465 Å². The molecule has 0 atom stereocenters. The molecule has 0 aliphatic heterocycles. The van der Waals surface area contributed by atoms with Crippen LogP contribution in [-0.2, 0) is 0 Å². The lowest BCUT2D eigenvalue weighted by Gasteiger charge is -2.33. The number of benzene rings is 19. The van der Waals surface area contributed by atoms with Crippen LogP contribution >= 0.6 is 0 Å². The summed E-state index contributed by atoms with van der Waals surface area (Å²) in [6, 6.07) is 161. The molecule has 19 aromatic carbocycles. The Morgan fingerprint density at radius 2 is 0.368 bits per heavy atom. The maximum absolute atomic E-state index is 2.47. The molecule has 0 aliphatic carbocycles. The molecule has 0 N–H and O–H groups in total. The Labute approximate surface area is 660 Å². The van der Waals surface area contributed by atoms with Crippen LogP contribution in [0.25, 0.3) is 148 Å². The molecule has 0 fully saturated rings. The van der Waals surface area contributed by atoms with Gasteiger partial charge in [0.2, 0.25) is 0 Å². The monoisotopic (exact) mass is 1450 g/mol. The zero-order valence-corrected chi connectivity index (χ0v) is 62.3. The summed E-state index contributed by atoms with van der Waals surface area (Å²) in [5.41, 5.74) is 26.1. The normalized spacial score (nSPS) is 11.7. The van der Waals surface area contributed by atoms with Crippen LogP contribution in [-0.4, -0.2) is 13.7 Å². The minimum Gasteiger partial charge on any atom is -0.310 e. The molecule has 6 nitrogen and oxygen atoms in total.